The second-order valence-electron chi connectivity index (χ2n) is 7.04. The van der Waals surface area contributed by atoms with Gasteiger partial charge in [-0.3, -0.25) is 14.4 Å². The molecule has 2 aromatic rings. The zero-order valence-corrected chi connectivity index (χ0v) is 17.4. The summed E-state index contributed by atoms with van der Waals surface area (Å²) in [5.74, 6) is -0.604. The zero-order chi connectivity index (χ0) is 21.5. The molecule has 1 heterocycles. The summed E-state index contributed by atoms with van der Waals surface area (Å²) < 4.78 is 5.28. The smallest absolute Gasteiger partial charge is 0.254 e. The second kappa shape index (κ2) is 10.2. The predicted octanol–water partition coefficient (Wildman–Crippen LogP) is 3.02. The summed E-state index contributed by atoms with van der Waals surface area (Å²) in [6.07, 6.45) is 0.0445. The quantitative estimate of drug-likeness (QED) is 0.738. The van der Waals surface area contributed by atoms with Gasteiger partial charge in [0.2, 0.25) is 11.8 Å². The Balaban J connectivity index is 1.67. The van der Waals surface area contributed by atoms with Crippen LogP contribution in [0.25, 0.3) is 0 Å². The summed E-state index contributed by atoms with van der Waals surface area (Å²) in [4.78, 5) is 38.6. The monoisotopic (exact) mass is 429 g/mol. The van der Waals surface area contributed by atoms with Crippen LogP contribution in [-0.4, -0.2) is 48.9 Å². The van der Waals surface area contributed by atoms with Gasteiger partial charge in [0.1, 0.15) is 0 Å². The highest BCUT2D eigenvalue weighted by molar-refractivity contribution is 6.30. The highest BCUT2D eigenvalue weighted by Crippen LogP contribution is 2.21. The van der Waals surface area contributed by atoms with Gasteiger partial charge in [-0.2, -0.15) is 0 Å². The lowest BCUT2D eigenvalue weighted by molar-refractivity contribution is -0.120. The Morgan fingerprint density at radius 1 is 1.10 bits per heavy atom. The minimum Gasteiger partial charge on any atom is -0.378 e. The molecular formula is C22H24ClN3O4. The Labute approximate surface area is 180 Å². The Hall–Kier alpha value is -2.90. The number of rotatable bonds is 6. The van der Waals surface area contributed by atoms with Crippen molar-refractivity contribution in [2.75, 3.05) is 31.6 Å². The SMILES string of the molecule is CC(=O)NC(CC(=O)Nc1cccc(C(=O)N2CCOCC2)c1)c1ccc(Cl)cc1. The molecule has 0 aromatic heterocycles. The lowest BCUT2D eigenvalue weighted by Crippen LogP contribution is -2.40. The summed E-state index contributed by atoms with van der Waals surface area (Å²) in [7, 11) is 0. The molecule has 3 amide bonds. The van der Waals surface area contributed by atoms with Crippen molar-refractivity contribution in [1.82, 2.24) is 10.2 Å². The number of nitrogens with one attached hydrogen (secondary N) is 2. The van der Waals surface area contributed by atoms with Gasteiger partial charge in [0.05, 0.1) is 25.7 Å². The fourth-order valence-corrected chi connectivity index (χ4v) is 3.40. The van der Waals surface area contributed by atoms with Crippen molar-refractivity contribution in [3.8, 4) is 0 Å². The first-order valence-electron chi connectivity index (χ1n) is 9.72. The van der Waals surface area contributed by atoms with Crippen molar-refractivity contribution in [3.63, 3.8) is 0 Å². The van der Waals surface area contributed by atoms with Crippen LogP contribution in [0, 0.1) is 0 Å². The lowest BCUT2D eigenvalue weighted by Gasteiger charge is -2.27. The van der Waals surface area contributed by atoms with Crippen LogP contribution in [0.1, 0.15) is 35.3 Å². The molecule has 30 heavy (non-hydrogen) atoms. The first-order valence-corrected chi connectivity index (χ1v) is 10.1. The molecule has 1 aliphatic heterocycles. The van der Waals surface area contributed by atoms with Crippen molar-refractivity contribution in [1.29, 1.82) is 0 Å². The van der Waals surface area contributed by atoms with E-state index < -0.39 is 6.04 Å². The largest absolute Gasteiger partial charge is 0.378 e. The van der Waals surface area contributed by atoms with E-state index in [1.165, 1.54) is 6.92 Å². The molecule has 1 aliphatic rings. The minimum absolute atomic E-state index is 0.0445. The van der Waals surface area contributed by atoms with Crippen LogP contribution in [0.15, 0.2) is 48.5 Å². The maximum absolute atomic E-state index is 12.6. The van der Waals surface area contributed by atoms with Crippen LogP contribution in [0.2, 0.25) is 5.02 Å². The molecule has 3 rings (SSSR count). The summed E-state index contributed by atoms with van der Waals surface area (Å²) >= 11 is 5.93. The van der Waals surface area contributed by atoms with Gasteiger partial charge in [-0.15, -0.1) is 0 Å². The third-order valence-electron chi connectivity index (χ3n) is 4.73. The van der Waals surface area contributed by atoms with Gasteiger partial charge in [0.15, 0.2) is 0 Å². The average molecular weight is 430 g/mol. The van der Waals surface area contributed by atoms with Gasteiger partial charge in [-0.1, -0.05) is 29.8 Å². The highest BCUT2D eigenvalue weighted by Gasteiger charge is 2.20. The van der Waals surface area contributed by atoms with Crippen LogP contribution >= 0.6 is 11.6 Å². The number of carbonyl (C=O) groups excluding carboxylic acids is 3. The third kappa shape index (κ3) is 6.05. The molecule has 2 N–H and O–H groups in total. The van der Waals surface area contributed by atoms with Crippen molar-refractivity contribution in [2.45, 2.75) is 19.4 Å². The maximum Gasteiger partial charge on any atom is 0.254 e. The lowest BCUT2D eigenvalue weighted by atomic mass is 10.0. The fraction of sp³-hybridized carbons (Fsp3) is 0.318. The summed E-state index contributed by atoms with van der Waals surface area (Å²) in [6, 6.07) is 13.3. The first kappa shape index (κ1) is 21.8. The van der Waals surface area contributed by atoms with E-state index in [-0.39, 0.29) is 24.1 Å². The Kier molecular flexibility index (Phi) is 7.43. The number of amides is 3. The van der Waals surface area contributed by atoms with Crippen LogP contribution in [0.5, 0.6) is 0 Å². The van der Waals surface area contributed by atoms with E-state index in [0.717, 1.165) is 5.56 Å². The van der Waals surface area contributed by atoms with Crippen LogP contribution in [0.3, 0.4) is 0 Å². The minimum atomic E-state index is -0.488. The van der Waals surface area contributed by atoms with Crippen molar-refractivity contribution >= 4 is 35.0 Å². The molecule has 158 valence electrons. The number of morpholine rings is 1. The topological polar surface area (TPSA) is 87.7 Å². The third-order valence-corrected chi connectivity index (χ3v) is 4.98. The van der Waals surface area contributed by atoms with E-state index in [2.05, 4.69) is 10.6 Å². The normalized spacial score (nSPS) is 14.7. The number of hydrogen-bond donors (Lipinski definition) is 2. The number of hydrogen-bond acceptors (Lipinski definition) is 4. The fourth-order valence-electron chi connectivity index (χ4n) is 3.27. The Morgan fingerprint density at radius 2 is 1.80 bits per heavy atom. The number of nitrogens with zero attached hydrogens (tertiary/aromatic N) is 1. The summed E-state index contributed by atoms with van der Waals surface area (Å²) in [5, 5.41) is 6.18. The van der Waals surface area contributed by atoms with Gasteiger partial charge in [0, 0.05) is 36.3 Å². The van der Waals surface area contributed by atoms with Gasteiger partial charge in [-0.05, 0) is 35.9 Å². The van der Waals surface area contributed by atoms with Crippen molar-refractivity contribution in [2.24, 2.45) is 0 Å². The molecule has 1 saturated heterocycles. The Morgan fingerprint density at radius 3 is 2.47 bits per heavy atom. The molecule has 8 heteroatoms. The van der Waals surface area contributed by atoms with Crippen LogP contribution in [-0.2, 0) is 14.3 Å². The molecule has 0 bridgehead atoms. The number of halogens is 1. The number of ether oxygens (including phenoxy) is 1. The molecule has 0 saturated carbocycles. The molecule has 0 radical (unpaired) electrons. The number of anilines is 1. The summed E-state index contributed by atoms with van der Waals surface area (Å²) in [6.45, 7) is 3.56. The van der Waals surface area contributed by atoms with E-state index in [4.69, 9.17) is 16.3 Å². The Bertz CT molecular complexity index is 911. The maximum atomic E-state index is 12.6. The van der Waals surface area contributed by atoms with E-state index >= 15 is 0 Å². The van der Waals surface area contributed by atoms with E-state index in [1.807, 2.05) is 0 Å². The van der Waals surface area contributed by atoms with Gasteiger partial charge < -0.3 is 20.3 Å². The van der Waals surface area contributed by atoms with E-state index in [9.17, 15) is 14.4 Å². The first-order chi connectivity index (χ1) is 14.4. The molecule has 1 unspecified atom stereocenters. The number of benzene rings is 2. The standard InChI is InChI=1S/C22H24ClN3O4/c1-15(27)24-20(16-5-7-18(23)8-6-16)14-21(28)25-19-4-2-3-17(13-19)22(29)26-9-11-30-12-10-26/h2-8,13,20H,9-12,14H2,1H3,(H,24,27)(H,25,28). The molecule has 0 aliphatic carbocycles. The van der Waals surface area contributed by atoms with Crippen LogP contribution < -0.4 is 10.6 Å². The molecule has 0 spiro atoms. The average Bonchev–Trinajstić information content (AvgIpc) is 2.74. The van der Waals surface area contributed by atoms with E-state index in [0.29, 0.717) is 42.6 Å². The molecule has 7 nitrogen and oxygen atoms in total. The van der Waals surface area contributed by atoms with Gasteiger partial charge in [-0.25, -0.2) is 0 Å². The highest BCUT2D eigenvalue weighted by atomic mass is 35.5. The zero-order valence-electron chi connectivity index (χ0n) is 16.7. The van der Waals surface area contributed by atoms with Crippen molar-refractivity contribution in [3.05, 3.63) is 64.7 Å². The number of carbonyl (C=O) groups is 3. The predicted molar refractivity (Wildman–Crippen MR) is 114 cm³/mol. The van der Waals surface area contributed by atoms with E-state index in [1.54, 1.807) is 53.4 Å². The second-order valence-corrected chi connectivity index (χ2v) is 7.48. The van der Waals surface area contributed by atoms with Crippen LogP contribution in [0.4, 0.5) is 5.69 Å². The molecule has 2 aromatic carbocycles. The molecular weight excluding hydrogens is 406 g/mol. The van der Waals surface area contributed by atoms with Gasteiger partial charge >= 0.3 is 0 Å². The molecule has 1 atom stereocenters. The van der Waals surface area contributed by atoms with Gasteiger partial charge in [0.25, 0.3) is 5.91 Å². The molecule has 1 fully saturated rings. The van der Waals surface area contributed by atoms with Crippen molar-refractivity contribution < 1.29 is 19.1 Å². The summed E-state index contributed by atoms with van der Waals surface area (Å²) in [5.41, 5.74) is 1.81.